The third-order valence-corrected chi connectivity index (χ3v) is 3.68. The molecule has 0 saturated heterocycles. The Labute approximate surface area is 102 Å². The quantitative estimate of drug-likeness (QED) is 0.600. The monoisotopic (exact) mass is 220 g/mol. The van der Waals surface area contributed by atoms with Gasteiger partial charge in [-0.2, -0.15) is 0 Å². The van der Waals surface area contributed by atoms with Gasteiger partial charge >= 0.3 is 0 Å². The van der Waals surface area contributed by atoms with E-state index >= 15 is 0 Å². The Bertz CT molecular complexity index is 284. The fraction of sp³-hybridized carbons (Fsp3) is 0.750. The van der Waals surface area contributed by atoms with Crippen molar-refractivity contribution in [1.82, 2.24) is 0 Å². The molecule has 0 heteroatoms. The average Bonchev–Trinajstić information content (AvgIpc) is 2.14. The van der Waals surface area contributed by atoms with Crippen molar-refractivity contribution in [2.24, 2.45) is 17.3 Å². The zero-order valence-corrected chi connectivity index (χ0v) is 11.9. The summed E-state index contributed by atoms with van der Waals surface area (Å²) in [5.74, 6) is 1.53. The molecule has 0 amide bonds. The first-order valence-corrected chi connectivity index (χ1v) is 6.68. The second-order valence-corrected chi connectivity index (χ2v) is 6.72. The van der Waals surface area contributed by atoms with Crippen molar-refractivity contribution in [2.45, 2.75) is 60.8 Å². The molecule has 0 N–H and O–H groups in total. The minimum Gasteiger partial charge on any atom is -0.0805 e. The van der Waals surface area contributed by atoms with Gasteiger partial charge in [-0.3, -0.25) is 0 Å². The van der Waals surface area contributed by atoms with Gasteiger partial charge in [-0.05, 0) is 49.0 Å². The van der Waals surface area contributed by atoms with Crippen molar-refractivity contribution in [2.75, 3.05) is 0 Å². The van der Waals surface area contributed by atoms with E-state index < -0.39 is 0 Å². The molecule has 0 nitrogen and oxygen atoms in total. The van der Waals surface area contributed by atoms with Crippen molar-refractivity contribution in [1.29, 1.82) is 0 Å². The third kappa shape index (κ3) is 3.81. The standard InChI is InChI=1S/C16H28/c1-12(2)7-8-14-9-10-15(11-13(14)3)16(4,5)6/h9,11-12,15H,7-8,10H2,1-6H3. The molecule has 1 aliphatic carbocycles. The van der Waals surface area contributed by atoms with Crippen LogP contribution in [0.5, 0.6) is 0 Å². The molecule has 0 aromatic rings. The van der Waals surface area contributed by atoms with Crippen LogP contribution in [-0.4, -0.2) is 0 Å². The lowest BCUT2D eigenvalue weighted by atomic mass is 9.74. The summed E-state index contributed by atoms with van der Waals surface area (Å²) in [6.45, 7) is 13.9. The van der Waals surface area contributed by atoms with Crippen LogP contribution in [0.1, 0.15) is 60.8 Å². The second kappa shape index (κ2) is 5.21. The molecule has 0 aliphatic heterocycles. The maximum absolute atomic E-state index is 2.50. The largest absolute Gasteiger partial charge is 0.0805 e. The minimum absolute atomic E-state index is 0.404. The number of rotatable bonds is 3. The van der Waals surface area contributed by atoms with E-state index in [1.807, 2.05) is 0 Å². The summed E-state index contributed by atoms with van der Waals surface area (Å²) in [5, 5.41) is 0. The number of hydrogen-bond donors (Lipinski definition) is 0. The van der Waals surface area contributed by atoms with Crippen LogP contribution < -0.4 is 0 Å². The lowest BCUT2D eigenvalue weighted by Gasteiger charge is -2.31. The Hall–Kier alpha value is -0.520. The molecule has 0 spiro atoms. The molecule has 0 aromatic carbocycles. The molecular formula is C16H28. The van der Waals surface area contributed by atoms with E-state index in [4.69, 9.17) is 0 Å². The molecule has 16 heavy (non-hydrogen) atoms. The van der Waals surface area contributed by atoms with Crippen molar-refractivity contribution >= 4 is 0 Å². The van der Waals surface area contributed by atoms with Gasteiger partial charge in [0.1, 0.15) is 0 Å². The predicted molar refractivity (Wildman–Crippen MR) is 73.5 cm³/mol. The first kappa shape index (κ1) is 13.5. The summed E-state index contributed by atoms with van der Waals surface area (Å²) in [6, 6.07) is 0. The van der Waals surface area contributed by atoms with E-state index in [1.165, 1.54) is 24.8 Å². The Balaban J connectivity index is 2.61. The highest BCUT2D eigenvalue weighted by molar-refractivity contribution is 5.33. The van der Waals surface area contributed by atoms with Crippen LogP contribution in [0, 0.1) is 17.3 Å². The first-order valence-electron chi connectivity index (χ1n) is 6.68. The number of allylic oxidation sites excluding steroid dienone is 4. The Morgan fingerprint density at radius 3 is 2.38 bits per heavy atom. The summed E-state index contributed by atoms with van der Waals surface area (Å²) in [5.41, 5.74) is 3.52. The van der Waals surface area contributed by atoms with Gasteiger partial charge in [0.25, 0.3) is 0 Å². The Morgan fingerprint density at radius 1 is 1.31 bits per heavy atom. The maximum Gasteiger partial charge on any atom is -0.0144 e. The molecular weight excluding hydrogens is 192 g/mol. The molecule has 1 aliphatic rings. The van der Waals surface area contributed by atoms with Crippen molar-refractivity contribution in [3.05, 3.63) is 23.3 Å². The Morgan fingerprint density at radius 2 is 1.94 bits per heavy atom. The highest BCUT2D eigenvalue weighted by Crippen LogP contribution is 2.36. The summed E-state index contributed by atoms with van der Waals surface area (Å²) < 4.78 is 0. The van der Waals surface area contributed by atoms with Gasteiger partial charge in [-0.1, -0.05) is 52.3 Å². The van der Waals surface area contributed by atoms with E-state index in [2.05, 4.69) is 53.7 Å². The molecule has 1 atom stereocenters. The maximum atomic E-state index is 2.50. The highest BCUT2D eigenvalue weighted by Gasteiger charge is 2.24. The molecule has 0 aromatic heterocycles. The zero-order chi connectivity index (χ0) is 12.3. The van der Waals surface area contributed by atoms with Crippen LogP contribution in [0.4, 0.5) is 0 Å². The van der Waals surface area contributed by atoms with Crippen LogP contribution in [0.3, 0.4) is 0 Å². The molecule has 0 saturated carbocycles. The molecule has 0 fully saturated rings. The zero-order valence-electron chi connectivity index (χ0n) is 11.9. The molecule has 1 rings (SSSR count). The molecule has 0 radical (unpaired) electrons. The highest BCUT2D eigenvalue weighted by atomic mass is 14.3. The van der Waals surface area contributed by atoms with Gasteiger partial charge < -0.3 is 0 Å². The minimum atomic E-state index is 0.404. The van der Waals surface area contributed by atoms with E-state index in [9.17, 15) is 0 Å². The van der Waals surface area contributed by atoms with E-state index in [0.29, 0.717) is 5.41 Å². The van der Waals surface area contributed by atoms with Gasteiger partial charge in [-0.25, -0.2) is 0 Å². The lowest BCUT2D eigenvalue weighted by Crippen LogP contribution is -2.20. The number of hydrogen-bond acceptors (Lipinski definition) is 0. The van der Waals surface area contributed by atoms with Gasteiger partial charge in [0, 0.05) is 0 Å². The predicted octanol–water partition coefficient (Wildman–Crippen LogP) is 5.36. The SMILES string of the molecule is CC1=CC(C(C)(C)C)CC=C1CCC(C)C. The van der Waals surface area contributed by atoms with E-state index in [0.717, 1.165) is 11.8 Å². The third-order valence-electron chi connectivity index (χ3n) is 3.68. The smallest absolute Gasteiger partial charge is 0.0144 e. The normalized spacial score (nSPS) is 22.1. The van der Waals surface area contributed by atoms with Gasteiger partial charge in [0.15, 0.2) is 0 Å². The fourth-order valence-corrected chi connectivity index (χ4v) is 2.25. The van der Waals surface area contributed by atoms with Gasteiger partial charge in [-0.15, -0.1) is 0 Å². The summed E-state index contributed by atoms with van der Waals surface area (Å²) in [7, 11) is 0. The van der Waals surface area contributed by atoms with Crippen LogP contribution >= 0.6 is 0 Å². The van der Waals surface area contributed by atoms with Crippen LogP contribution in [0.25, 0.3) is 0 Å². The van der Waals surface area contributed by atoms with Gasteiger partial charge in [0.05, 0.1) is 0 Å². The summed E-state index contributed by atoms with van der Waals surface area (Å²) in [6.07, 6.45) is 8.78. The molecule has 0 heterocycles. The van der Waals surface area contributed by atoms with Crippen molar-refractivity contribution < 1.29 is 0 Å². The first-order chi connectivity index (χ1) is 7.30. The van der Waals surface area contributed by atoms with E-state index in [-0.39, 0.29) is 0 Å². The topological polar surface area (TPSA) is 0 Å². The van der Waals surface area contributed by atoms with Crippen molar-refractivity contribution in [3.63, 3.8) is 0 Å². The summed E-state index contributed by atoms with van der Waals surface area (Å²) >= 11 is 0. The fourth-order valence-electron chi connectivity index (χ4n) is 2.25. The molecule has 0 bridgehead atoms. The molecule has 1 unspecified atom stereocenters. The van der Waals surface area contributed by atoms with Crippen LogP contribution in [-0.2, 0) is 0 Å². The summed E-state index contributed by atoms with van der Waals surface area (Å²) in [4.78, 5) is 0. The van der Waals surface area contributed by atoms with Crippen molar-refractivity contribution in [3.8, 4) is 0 Å². The lowest BCUT2D eigenvalue weighted by molar-refractivity contribution is 0.291. The molecule has 92 valence electrons. The van der Waals surface area contributed by atoms with Crippen LogP contribution in [0.2, 0.25) is 0 Å². The average molecular weight is 220 g/mol. The van der Waals surface area contributed by atoms with Gasteiger partial charge in [0.2, 0.25) is 0 Å². The second-order valence-electron chi connectivity index (χ2n) is 6.72. The Kier molecular flexibility index (Phi) is 4.41. The van der Waals surface area contributed by atoms with Crippen LogP contribution in [0.15, 0.2) is 23.3 Å². The van der Waals surface area contributed by atoms with E-state index in [1.54, 1.807) is 5.57 Å².